The minimum absolute atomic E-state index is 0.106. The van der Waals surface area contributed by atoms with Crippen LogP contribution in [0, 0.1) is 11.8 Å². The van der Waals surface area contributed by atoms with Gasteiger partial charge in [0.1, 0.15) is 12.6 Å². The van der Waals surface area contributed by atoms with Crippen molar-refractivity contribution in [2.75, 3.05) is 25.9 Å². The van der Waals surface area contributed by atoms with Gasteiger partial charge in [0.05, 0.1) is 30.9 Å². The van der Waals surface area contributed by atoms with Crippen molar-refractivity contribution in [2.24, 2.45) is 11.8 Å². The molecule has 0 aromatic carbocycles. The fourth-order valence-corrected chi connectivity index (χ4v) is 7.90. The molecule has 4 N–H and O–H groups in total. The Morgan fingerprint density at radius 3 is 2.36 bits per heavy atom. The van der Waals surface area contributed by atoms with Gasteiger partial charge < -0.3 is 30.6 Å². The second-order valence-corrected chi connectivity index (χ2v) is 15.8. The van der Waals surface area contributed by atoms with Crippen LogP contribution in [0.2, 0.25) is 0 Å². The molecular weight excluding hydrogens is 673 g/mol. The molecule has 4 rings (SSSR count). The highest BCUT2D eigenvalue weighted by Gasteiger charge is 2.37. The summed E-state index contributed by atoms with van der Waals surface area (Å²) in [7, 11) is 1.72. The third-order valence-electron chi connectivity index (χ3n) is 9.44. The van der Waals surface area contributed by atoms with E-state index in [1.54, 1.807) is 28.4 Å². The molecule has 11 nitrogen and oxygen atoms in total. The van der Waals surface area contributed by atoms with Crippen LogP contribution in [0.25, 0.3) is 0 Å². The highest BCUT2D eigenvalue weighted by atomic mass is 32.1. The number of aliphatic hydroxyl groups excluding tert-OH is 2. The largest absolute Gasteiger partial charge is 0.390 e. The monoisotopic (exact) mass is 726 g/mol. The predicted octanol–water partition coefficient (Wildman–Crippen LogP) is 5.13. The van der Waals surface area contributed by atoms with E-state index in [0.717, 1.165) is 36.3 Å². The molecule has 1 aliphatic rings. The maximum atomic E-state index is 14.2. The van der Waals surface area contributed by atoms with Crippen LogP contribution in [0.4, 0.5) is 5.13 Å². The Bertz CT molecular complexity index is 1460. The van der Waals surface area contributed by atoms with Crippen LogP contribution in [0.5, 0.6) is 0 Å². The second kappa shape index (κ2) is 19.9. The van der Waals surface area contributed by atoms with Gasteiger partial charge in [-0.3, -0.25) is 19.4 Å². The zero-order chi connectivity index (χ0) is 36.0. The quantitative estimate of drug-likeness (QED) is 0.154. The smallest absolute Gasteiger partial charge is 0.241 e. The minimum Gasteiger partial charge on any atom is -0.390 e. The van der Waals surface area contributed by atoms with Crippen molar-refractivity contribution >= 4 is 45.5 Å². The summed E-state index contributed by atoms with van der Waals surface area (Å²) in [6.07, 6.45) is 6.27. The number of thiophene rings is 1. The van der Waals surface area contributed by atoms with Gasteiger partial charge in [-0.1, -0.05) is 58.1 Å². The first kappa shape index (κ1) is 39.4. The van der Waals surface area contributed by atoms with E-state index in [2.05, 4.69) is 9.97 Å². The number of rotatable bonds is 19. The second-order valence-electron chi connectivity index (χ2n) is 13.9. The van der Waals surface area contributed by atoms with E-state index in [-0.39, 0.29) is 56.1 Å². The number of anilines is 1. The first-order valence-corrected chi connectivity index (χ1v) is 19.6. The molecule has 0 spiro atoms. The van der Waals surface area contributed by atoms with Crippen LogP contribution in [0.1, 0.15) is 87.9 Å². The maximum absolute atomic E-state index is 14.2. The van der Waals surface area contributed by atoms with Crippen molar-refractivity contribution in [2.45, 2.75) is 109 Å². The number of thiazole rings is 1. The molecule has 1 fully saturated rings. The number of hydrogen-bond donors (Lipinski definition) is 3. The van der Waals surface area contributed by atoms with Gasteiger partial charge in [0.25, 0.3) is 0 Å². The number of hydrogen-bond acceptors (Lipinski definition) is 10. The molecule has 1 saturated carbocycles. The van der Waals surface area contributed by atoms with Gasteiger partial charge in [0.2, 0.25) is 17.7 Å². The number of nitrogens with zero attached hydrogens (tertiary/aromatic N) is 5. The molecule has 0 radical (unpaired) electrons. The van der Waals surface area contributed by atoms with Gasteiger partial charge in [-0.05, 0) is 48.3 Å². The Hall–Kier alpha value is -3.39. The molecule has 0 unspecified atom stereocenters. The topological polar surface area (TPSA) is 153 Å². The number of nitrogen functional groups attached to an aromatic ring is 1. The van der Waals surface area contributed by atoms with Crippen LogP contribution < -0.4 is 5.73 Å². The van der Waals surface area contributed by atoms with Crippen LogP contribution >= 0.6 is 22.7 Å². The molecule has 3 aromatic rings. The molecule has 3 heterocycles. The van der Waals surface area contributed by atoms with Crippen LogP contribution in [-0.2, 0) is 33.9 Å². The Morgan fingerprint density at radius 1 is 0.960 bits per heavy atom. The summed E-state index contributed by atoms with van der Waals surface area (Å²) in [5, 5.41) is 26.9. The van der Waals surface area contributed by atoms with E-state index in [0.29, 0.717) is 42.6 Å². The summed E-state index contributed by atoms with van der Waals surface area (Å²) in [5.74, 6) is -0.346. The summed E-state index contributed by atoms with van der Waals surface area (Å²) in [4.78, 5) is 55.8. The zero-order valence-electron chi connectivity index (χ0n) is 29.7. The Balaban J connectivity index is 1.50. The van der Waals surface area contributed by atoms with Crippen molar-refractivity contribution in [1.29, 1.82) is 0 Å². The van der Waals surface area contributed by atoms with Gasteiger partial charge in [-0.25, -0.2) is 4.98 Å². The summed E-state index contributed by atoms with van der Waals surface area (Å²) in [6, 6.07) is 8.84. The van der Waals surface area contributed by atoms with E-state index < -0.39 is 18.2 Å². The summed E-state index contributed by atoms with van der Waals surface area (Å²) >= 11 is 2.78. The van der Waals surface area contributed by atoms with E-state index in [9.17, 15) is 24.6 Å². The van der Waals surface area contributed by atoms with Crippen molar-refractivity contribution in [3.8, 4) is 0 Å². The number of nitrogens with two attached hydrogens (primary N) is 1. The van der Waals surface area contributed by atoms with Crippen LogP contribution in [0.15, 0.2) is 47.3 Å². The molecule has 50 heavy (non-hydrogen) atoms. The van der Waals surface area contributed by atoms with Gasteiger partial charge >= 0.3 is 0 Å². The van der Waals surface area contributed by atoms with Crippen LogP contribution in [-0.4, -0.2) is 91.0 Å². The molecule has 13 heteroatoms. The molecular formula is C37H54N6O5S2. The van der Waals surface area contributed by atoms with Crippen molar-refractivity contribution < 1.29 is 24.6 Å². The van der Waals surface area contributed by atoms with Crippen molar-refractivity contribution in [3.63, 3.8) is 0 Å². The van der Waals surface area contributed by atoms with E-state index in [4.69, 9.17) is 5.73 Å². The number of aromatic nitrogens is 2. The number of likely N-dealkylation sites (N-methyl/N-ethyl adjacent to an activating group) is 1. The van der Waals surface area contributed by atoms with Crippen molar-refractivity contribution in [1.82, 2.24) is 24.7 Å². The van der Waals surface area contributed by atoms with E-state index in [1.807, 2.05) is 49.6 Å². The number of amides is 3. The number of carbonyl (C=O) groups is 3. The lowest BCUT2D eigenvalue weighted by Gasteiger charge is -2.39. The van der Waals surface area contributed by atoms with Gasteiger partial charge in [0.15, 0.2) is 5.13 Å². The summed E-state index contributed by atoms with van der Waals surface area (Å²) in [5.41, 5.74) is 7.43. The van der Waals surface area contributed by atoms with E-state index in [1.165, 1.54) is 34.0 Å². The summed E-state index contributed by atoms with van der Waals surface area (Å²) in [6.45, 7) is 4.70. The maximum Gasteiger partial charge on any atom is 0.241 e. The van der Waals surface area contributed by atoms with Gasteiger partial charge in [-0.15, -0.1) is 22.7 Å². The van der Waals surface area contributed by atoms with Crippen LogP contribution in [0.3, 0.4) is 0 Å². The van der Waals surface area contributed by atoms with Crippen molar-refractivity contribution in [3.05, 3.63) is 63.6 Å². The third-order valence-corrected chi connectivity index (χ3v) is 11.0. The minimum atomic E-state index is -1.16. The molecule has 3 atom stereocenters. The Labute approximate surface area is 304 Å². The summed E-state index contributed by atoms with van der Waals surface area (Å²) < 4.78 is 0. The fraction of sp³-hybridized carbons (Fsp3) is 0.595. The first-order chi connectivity index (χ1) is 24.0. The molecule has 274 valence electrons. The number of pyridine rings is 1. The normalized spacial score (nSPS) is 15.4. The molecule has 1 aliphatic carbocycles. The average molecular weight is 727 g/mol. The van der Waals surface area contributed by atoms with Gasteiger partial charge in [-0.2, -0.15) is 0 Å². The molecule has 3 amide bonds. The SMILES string of the molecule is CC(C)C[C@H](O)[C@H](O)[C@H](CC1CCCCC1)N(Cc1csc(N)n1)C(=O)CCC(=O)N(CC(=O)N(C)CCc1ccccn1)Cc1cccs1. The number of carbonyl (C=O) groups excluding carboxylic acids is 3. The third kappa shape index (κ3) is 12.4. The molecule has 3 aromatic heterocycles. The standard InChI is InChI=1S/C37H54N6O5S2/c1-26(2)20-32(44)36(48)31(21-27-10-5-4-6-11-27)43(22-29-25-50-37(38)40-29)34(46)15-14-33(45)42(23-30-13-9-19-49-30)24-35(47)41(3)18-16-28-12-7-8-17-39-28/h7-9,12-13,17,19,25-27,31-32,36,44,48H,4-6,10-11,14-16,18,20-24H2,1-3H3,(H2,38,40)/t31-,32-,36+/m0/s1. The highest BCUT2D eigenvalue weighted by Crippen LogP contribution is 2.32. The lowest BCUT2D eigenvalue weighted by molar-refractivity contribution is -0.145. The number of aliphatic hydroxyl groups is 2. The first-order valence-electron chi connectivity index (χ1n) is 17.8. The van der Waals surface area contributed by atoms with Gasteiger partial charge in [0, 0.05) is 55.0 Å². The highest BCUT2D eigenvalue weighted by molar-refractivity contribution is 7.13. The lowest BCUT2D eigenvalue weighted by Crippen LogP contribution is -2.52. The predicted molar refractivity (Wildman–Crippen MR) is 198 cm³/mol. The zero-order valence-corrected chi connectivity index (χ0v) is 31.3. The lowest BCUT2D eigenvalue weighted by atomic mass is 9.81. The molecule has 0 bridgehead atoms. The Kier molecular flexibility index (Phi) is 15.6. The fourth-order valence-electron chi connectivity index (χ4n) is 6.63. The van der Waals surface area contributed by atoms with E-state index >= 15 is 0 Å². The Morgan fingerprint density at radius 2 is 1.72 bits per heavy atom. The molecule has 0 aliphatic heterocycles. The average Bonchev–Trinajstić information content (AvgIpc) is 3.78. The molecule has 0 saturated heterocycles.